The minimum absolute atomic E-state index is 0.0663. The Bertz CT molecular complexity index is 994. The molecule has 1 fully saturated rings. The number of hydrogen-bond acceptors (Lipinski definition) is 7. The van der Waals surface area contributed by atoms with E-state index in [-0.39, 0.29) is 17.2 Å². The van der Waals surface area contributed by atoms with Crippen LogP contribution in [0.5, 0.6) is 11.5 Å². The number of ether oxygens (including phenoxy) is 3. The summed E-state index contributed by atoms with van der Waals surface area (Å²) < 4.78 is 16.3. The number of benzene rings is 2. The van der Waals surface area contributed by atoms with E-state index in [0.717, 1.165) is 23.5 Å². The number of fused-ring (bicyclic) bond motifs is 1. The second-order valence-corrected chi connectivity index (χ2v) is 8.54. The van der Waals surface area contributed by atoms with E-state index in [9.17, 15) is 9.59 Å². The lowest BCUT2D eigenvalue weighted by Crippen LogP contribution is -2.48. The number of methoxy groups -OCH3 is 1. The molecule has 9 heteroatoms. The molecule has 0 aliphatic carbocycles. The largest absolute Gasteiger partial charge is 0.493 e. The predicted molar refractivity (Wildman–Crippen MR) is 122 cm³/mol. The third-order valence-corrected chi connectivity index (χ3v) is 6.67. The summed E-state index contributed by atoms with van der Waals surface area (Å²) in [5, 5.41) is 5.60. The normalized spacial score (nSPS) is 18.4. The molecule has 2 aromatic rings. The second-order valence-electron chi connectivity index (χ2n) is 7.42. The monoisotopic (exact) mass is 457 g/mol. The first-order valence-electron chi connectivity index (χ1n) is 10.6. The number of anilines is 1. The van der Waals surface area contributed by atoms with Gasteiger partial charge < -0.3 is 24.8 Å². The van der Waals surface area contributed by atoms with E-state index in [1.165, 1.54) is 11.8 Å². The van der Waals surface area contributed by atoms with Crippen LogP contribution < -0.4 is 20.1 Å². The third kappa shape index (κ3) is 5.01. The highest BCUT2D eigenvalue weighted by Gasteiger charge is 2.33. The molecule has 0 saturated carbocycles. The number of carbonyl (C=O) groups excluding carboxylic acids is 2. The maximum Gasteiger partial charge on any atom is 0.252 e. The highest BCUT2D eigenvalue weighted by Crippen LogP contribution is 2.37. The molecule has 2 aliphatic rings. The molecule has 0 aromatic heterocycles. The maximum absolute atomic E-state index is 12.7. The van der Waals surface area contributed by atoms with Crippen LogP contribution in [0, 0.1) is 0 Å². The van der Waals surface area contributed by atoms with Crippen LogP contribution in [0.3, 0.4) is 0 Å². The van der Waals surface area contributed by atoms with Crippen molar-refractivity contribution in [3.05, 3.63) is 47.5 Å². The SMILES string of the molecule is CCOc1ccc(CNC(=O)c2ccc3c(c2)NC(=O)[C@@H](N2CCOCC2)S3)cc1OC. The van der Waals surface area contributed by atoms with Crippen molar-refractivity contribution in [2.24, 2.45) is 0 Å². The van der Waals surface area contributed by atoms with Crippen molar-refractivity contribution >= 4 is 29.3 Å². The van der Waals surface area contributed by atoms with Gasteiger partial charge in [-0.3, -0.25) is 14.5 Å². The summed E-state index contributed by atoms with van der Waals surface area (Å²) in [6.45, 7) is 5.54. The zero-order valence-corrected chi connectivity index (χ0v) is 19.0. The molecule has 2 N–H and O–H groups in total. The Kier molecular flexibility index (Phi) is 7.19. The zero-order valence-electron chi connectivity index (χ0n) is 18.2. The maximum atomic E-state index is 12.7. The van der Waals surface area contributed by atoms with Crippen LogP contribution in [0.15, 0.2) is 41.3 Å². The van der Waals surface area contributed by atoms with E-state index in [2.05, 4.69) is 15.5 Å². The van der Waals surface area contributed by atoms with Crippen LogP contribution in [0.4, 0.5) is 5.69 Å². The minimum atomic E-state index is -0.277. The molecule has 2 aromatic carbocycles. The summed E-state index contributed by atoms with van der Waals surface area (Å²) in [7, 11) is 1.59. The molecule has 170 valence electrons. The molecule has 1 atom stereocenters. The van der Waals surface area contributed by atoms with E-state index in [4.69, 9.17) is 14.2 Å². The van der Waals surface area contributed by atoms with Crippen molar-refractivity contribution in [1.29, 1.82) is 0 Å². The van der Waals surface area contributed by atoms with Crippen molar-refractivity contribution in [2.45, 2.75) is 23.7 Å². The Morgan fingerprint density at radius 3 is 2.78 bits per heavy atom. The summed E-state index contributed by atoms with van der Waals surface area (Å²) >= 11 is 1.51. The van der Waals surface area contributed by atoms with Gasteiger partial charge in [-0.2, -0.15) is 0 Å². The fourth-order valence-corrected chi connectivity index (χ4v) is 4.82. The average Bonchev–Trinajstić information content (AvgIpc) is 2.83. The van der Waals surface area contributed by atoms with E-state index in [1.54, 1.807) is 19.2 Å². The molecule has 0 spiro atoms. The minimum Gasteiger partial charge on any atom is -0.493 e. The highest BCUT2D eigenvalue weighted by molar-refractivity contribution is 8.00. The summed E-state index contributed by atoms with van der Waals surface area (Å²) in [6, 6.07) is 11.0. The number of nitrogens with one attached hydrogen (secondary N) is 2. The molecule has 2 heterocycles. The Labute approximate surface area is 191 Å². The van der Waals surface area contributed by atoms with Crippen molar-refractivity contribution in [3.8, 4) is 11.5 Å². The van der Waals surface area contributed by atoms with Crippen LogP contribution >= 0.6 is 11.8 Å². The fourth-order valence-electron chi connectivity index (χ4n) is 3.67. The molecule has 0 bridgehead atoms. The summed E-state index contributed by atoms with van der Waals surface area (Å²) in [5.41, 5.74) is 2.06. The molecule has 4 rings (SSSR count). The molecular formula is C23H27N3O5S. The topological polar surface area (TPSA) is 89.1 Å². The van der Waals surface area contributed by atoms with Crippen LogP contribution in [0.2, 0.25) is 0 Å². The molecule has 2 aliphatic heterocycles. The van der Waals surface area contributed by atoms with Crippen molar-refractivity contribution in [2.75, 3.05) is 45.3 Å². The van der Waals surface area contributed by atoms with Crippen LogP contribution in [-0.4, -0.2) is 62.1 Å². The molecule has 0 radical (unpaired) electrons. The number of nitrogens with zero attached hydrogens (tertiary/aromatic N) is 1. The van der Waals surface area contributed by atoms with Gasteiger partial charge in [0.05, 0.1) is 32.6 Å². The van der Waals surface area contributed by atoms with Gasteiger partial charge in [-0.25, -0.2) is 0 Å². The lowest BCUT2D eigenvalue weighted by molar-refractivity contribution is -0.119. The number of hydrogen-bond donors (Lipinski definition) is 2. The standard InChI is InChI=1S/C23H27N3O5S/c1-3-31-18-6-4-15(12-19(18)29-2)14-24-21(27)16-5-7-20-17(13-16)25-22(28)23(32-20)26-8-10-30-11-9-26/h4-7,12-13,23H,3,8-11,14H2,1-2H3,(H,24,27)(H,25,28)/t23-/m0/s1. The summed E-state index contributed by atoms with van der Waals surface area (Å²) in [4.78, 5) is 28.4. The Hall–Kier alpha value is -2.75. The summed E-state index contributed by atoms with van der Waals surface area (Å²) in [5.74, 6) is 1.02. The number of carbonyl (C=O) groups is 2. The van der Waals surface area contributed by atoms with Gasteiger partial charge in [-0.05, 0) is 42.8 Å². The predicted octanol–water partition coefficient (Wildman–Crippen LogP) is 2.73. The molecular weight excluding hydrogens is 430 g/mol. The van der Waals surface area contributed by atoms with Gasteiger partial charge in [0.1, 0.15) is 5.37 Å². The molecule has 8 nitrogen and oxygen atoms in total. The van der Waals surface area contributed by atoms with Gasteiger partial charge in [0.15, 0.2) is 11.5 Å². The first kappa shape index (κ1) is 22.4. The quantitative estimate of drug-likeness (QED) is 0.661. The first-order chi connectivity index (χ1) is 15.6. The molecule has 2 amide bonds. The molecule has 32 heavy (non-hydrogen) atoms. The van der Waals surface area contributed by atoms with E-state index in [0.29, 0.717) is 49.1 Å². The number of thioether (sulfide) groups is 1. The Morgan fingerprint density at radius 1 is 1.22 bits per heavy atom. The Balaban J connectivity index is 1.40. The van der Waals surface area contributed by atoms with Gasteiger partial charge in [-0.15, -0.1) is 0 Å². The van der Waals surface area contributed by atoms with Gasteiger partial charge in [0.25, 0.3) is 11.8 Å². The highest BCUT2D eigenvalue weighted by atomic mass is 32.2. The fraction of sp³-hybridized carbons (Fsp3) is 0.391. The van der Waals surface area contributed by atoms with Gasteiger partial charge >= 0.3 is 0 Å². The Morgan fingerprint density at radius 2 is 2.03 bits per heavy atom. The van der Waals surface area contributed by atoms with Crippen LogP contribution in [-0.2, 0) is 16.1 Å². The average molecular weight is 458 g/mol. The second kappa shape index (κ2) is 10.2. The van der Waals surface area contributed by atoms with Crippen molar-refractivity contribution in [3.63, 3.8) is 0 Å². The number of rotatable bonds is 7. The van der Waals surface area contributed by atoms with Crippen molar-refractivity contribution < 1.29 is 23.8 Å². The van der Waals surface area contributed by atoms with Gasteiger partial charge in [-0.1, -0.05) is 17.8 Å². The van der Waals surface area contributed by atoms with E-state index < -0.39 is 0 Å². The lowest BCUT2D eigenvalue weighted by atomic mass is 10.1. The smallest absolute Gasteiger partial charge is 0.252 e. The van der Waals surface area contributed by atoms with Crippen LogP contribution in [0.1, 0.15) is 22.8 Å². The summed E-state index contributed by atoms with van der Waals surface area (Å²) in [6.07, 6.45) is 0. The van der Waals surface area contributed by atoms with Crippen LogP contribution in [0.25, 0.3) is 0 Å². The lowest BCUT2D eigenvalue weighted by Gasteiger charge is -2.35. The van der Waals surface area contributed by atoms with Gasteiger partial charge in [0, 0.05) is 30.1 Å². The van der Waals surface area contributed by atoms with Crippen molar-refractivity contribution in [1.82, 2.24) is 10.2 Å². The molecule has 0 unspecified atom stereocenters. The number of amides is 2. The third-order valence-electron chi connectivity index (χ3n) is 5.32. The zero-order chi connectivity index (χ0) is 22.5. The molecule has 1 saturated heterocycles. The first-order valence-corrected chi connectivity index (χ1v) is 11.5. The van der Waals surface area contributed by atoms with Gasteiger partial charge in [0.2, 0.25) is 0 Å². The van der Waals surface area contributed by atoms with E-state index >= 15 is 0 Å². The number of morpholine rings is 1. The van der Waals surface area contributed by atoms with E-state index in [1.807, 2.05) is 31.2 Å².